The van der Waals surface area contributed by atoms with Crippen molar-refractivity contribution in [1.29, 1.82) is 5.26 Å². The number of halogens is 1. The predicted octanol–water partition coefficient (Wildman–Crippen LogP) is 5.40. The molecule has 172 valence electrons. The van der Waals surface area contributed by atoms with Crippen molar-refractivity contribution in [2.75, 3.05) is 7.05 Å². The summed E-state index contributed by atoms with van der Waals surface area (Å²) < 4.78 is 0. The Balaban J connectivity index is 1.40. The summed E-state index contributed by atoms with van der Waals surface area (Å²) in [5.74, 6) is 1.40. The number of nitrogens with one attached hydrogen (secondary N) is 1. The van der Waals surface area contributed by atoms with Gasteiger partial charge in [-0.05, 0) is 96.6 Å². The molecule has 2 fully saturated rings. The van der Waals surface area contributed by atoms with Gasteiger partial charge in [-0.1, -0.05) is 36.7 Å². The van der Waals surface area contributed by atoms with Gasteiger partial charge in [-0.2, -0.15) is 5.26 Å². The highest BCUT2D eigenvalue weighted by Crippen LogP contribution is 2.65. The third-order valence-electron chi connectivity index (χ3n) is 9.23. The van der Waals surface area contributed by atoms with E-state index in [1.54, 1.807) is 7.05 Å². The van der Waals surface area contributed by atoms with E-state index in [2.05, 4.69) is 24.4 Å². The first-order valence-corrected chi connectivity index (χ1v) is 12.4. The maximum atomic E-state index is 12.0. The van der Waals surface area contributed by atoms with Crippen LogP contribution < -0.4 is 5.32 Å². The standard InChI is InChI=1S/C28H31ClN2O2/c1-27-13-11-21-20-8-7-19(16-30)25(29)23(20)10-9-22(21)24(27)12-14-28(27,33)15-17-3-5-18(6-4-17)26(32)31-2/h3-8,21-22,24,33H,9-15H2,1-2H3,(H,31,32)/t21?,22?,24?,27-,28+/m0/s1. The Kier molecular flexibility index (Phi) is 5.54. The number of nitrogens with zero attached hydrogens (tertiary/aromatic N) is 1. The number of rotatable bonds is 3. The third-order valence-corrected chi connectivity index (χ3v) is 9.66. The van der Waals surface area contributed by atoms with Crippen LogP contribution in [0.3, 0.4) is 0 Å². The zero-order valence-corrected chi connectivity index (χ0v) is 20.1. The smallest absolute Gasteiger partial charge is 0.251 e. The minimum absolute atomic E-state index is 0.0916. The number of benzene rings is 2. The molecular weight excluding hydrogens is 432 g/mol. The summed E-state index contributed by atoms with van der Waals surface area (Å²) in [5, 5.41) is 24.6. The zero-order chi connectivity index (χ0) is 23.4. The maximum absolute atomic E-state index is 12.0. The first-order chi connectivity index (χ1) is 15.8. The molecule has 0 aromatic heterocycles. The molecule has 33 heavy (non-hydrogen) atoms. The van der Waals surface area contributed by atoms with E-state index in [0.29, 0.717) is 40.3 Å². The minimum atomic E-state index is -0.736. The van der Waals surface area contributed by atoms with Gasteiger partial charge in [0.1, 0.15) is 6.07 Å². The molecule has 5 heteroatoms. The molecule has 0 saturated heterocycles. The van der Waals surface area contributed by atoms with Crippen molar-refractivity contribution < 1.29 is 9.90 Å². The molecule has 2 saturated carbocycles. The molecular formula is C28H31ClN2O2. The van der Waals surface area contributed by atoms with Gasteiger partial charge < -0.3 is 10.4 Å². The molecule has 0 heterocycles. The molecule has 4 nitrogen and oxygen atoms in total. The maximum Gasteiger partial charge on any atom is 0.251 e. The number of nitriles is 1. The fourth-order valence-corrected chi connectivity index (χ4v) is 7.68. The monoisotopic (exact) mass is 462 g/mol. The van der Waals surface area contributed by atoms with Crippen molar-refractivity contribution in [1.82, 2.24) is 5.32 Å². The summed E-state index contributed by atoms with van der Waals surface area (Å²) in [6.07, 6.45) is 6.51. The molecule has 5 rings (SSSR count). The molecule has 3 aliphatic carbocycles. The van der Waals surface area contributed by atoms with Gasteiger partial charge in [0.05, 0.1) is 16.2 Å². The van der Waals surface area contributed by atoms with Crippen LogP contribution in [0.4, 0.5) is 0 Å². The second-order valence-electron chi connectivity index (χ2n) is 10.5. The van der Waals surface area contributed by atoms with Crippen LogP contribution in [0.25, 0.3) is 0 Å². The van der Waals surface area contributed by atoms with E-state index in [1.807, 2.05) is 30.3 Å². The topological polar surface area (TPSA) is 73.1 Å². The number of amides is 1. The zero-order valence-electron chi connectivity index (χ0n) is 19.3. The van der Waals surface area contributed by atoms with Crippen LogP contribution in [0.1, 0.15) is 77.6 Å². The Hall–Kier alpha value is -2.35. The van der Waals surface area contributed by atoms with Gasteiger partial charge >= 0.3 is 0 Å². The van der Waals surface area contributed by atoms with Crippen molar-refractivity contribution in [2.24, 2.45) is 17.3 Å². The van der Waals surface area contributed by atoms with E-state index in [4.69, 9.17) is 11.6 Å². The van der Waals surface area contributed by atoms with Crippen molar-refractivity contribution in [3.8, 4) is 6.07 Å². The van der Waals surface area contributed by atoms with E-state index in [-0.39, 0.29) is 11.3 Å². The van der Waals surface area contributed by atoms with Gasteiger partial charge in [-0.15, -0.1) is 0 Å². The minimum Gasteiger partial charge on any atom is -0.389 e. The van der Waals surface area contributed by atoms with Gasteiger partial charge in [0.15, 0.2) is 0 Å². The second kappa shape index (κ2) is 8.15. The molecule has 0 spiro atoms. The second-order valence-corrected chi connectivity index (χ2v) is 10.9. The van der Waals surface area contributed by atoms with Gasteiger partial charge in [-0.3, -0.25) is 4.79 Å². The van der Waals surface area contributed by atoms with Crippen LogP contribution >= 0.6 is 11.6 Å². The third kappa shape index (κ3) is 3.40. The van der Waals surface area contributed by atoms with Crippen molar-refractivity contribution >= 4 is 17.5 Å². The molecule has 0 aliphatic heterocycles. The molecule has 2 aromatic carbocycles. The van der Waals surface area contributed by atoms with E-state index in [9.17, 15) is 15.2 Å². The molecule has 1 amide bonds. The Morgan fingerprint density at radius 2 is 1.94 bits per heavy atom. The fraction of sp³-hybridized carbons (Fsp3) is 0.500. The number of carbonyl (C=O) groups excluding carboxylic acids is 1. The summed E-state index contributed by atoms with van der Waals surface area (Å²) in [5.41, 5.74) is 3.94. The van der Waals surface area contributed by atoms with Crippen LogP contribution in [-0.2, 0) is 12.8 Å². The first-order valence-electron chi connectivity index (χ1n) is 12.1. The van der Waals surface area contributed by atoms with Gasteiger partial charge in [0, 0.05) is 19.0 Å². The van der Waals surface area contributed by atoms with Gasteiger partial charge in [0.2, 0.25) is 0 Å². The Morgan fingerprint density at radius 1 is 1.18 bits per heavy atom. The van der Waals surface area contributed by atoms with Crippen molar-refractivity contribution in [3.63, 3.8) is 0 Å². The van der Waals surface area contributed by atoms with Crippen LogP contribution in [-0.4, -0.2) is 23.7 Å². The van der Waals surface area contributed by atoms with Gasteiger partial charge in [-0.25, -0.2) is 0 Å². The summed E-state index contributed by atoms with van der Waals surface area (Å²) in [4.78, 5) is 11.9. The van der Waals surface area contributed by atoms with Crippen LogP contribution in [0.2, 0.25) is 5.02 Å². The van der Waals surface area contributed by atoms with Crippen molar-refractivity contribution in [3.05, 3.63) is 69.2 Å². The van der Waals surface area contributed by atoms with Crippen LogP contribution in [0.5, 0.6) is 0 Å². The Morgan fingerprint density at radius 3 is 2.64 bits per heavy atom. The quantitative estimate of drug-likeness (QED) is 0.641. The summed E-state index contributed by atoms with van der Waals surface area (Å²) in [6.45, 7) is 2.31. The summed E-state index contributed by atoms with van der Waals surface area (Å²) >= 11 is 6.58. The number of hydrogen-bond acceptors (Lipinski definition) is 3. The number of carbonyl (C=O) groups is 1. The number of hydrogen-bond donors (Lipinski definition) is 2. The average Bonchev–Trinajstić information content (AvgIpc) is 3.09. The molecule has 2 aromatic rings. The number of fused-ring (bicyclic) bond motifs is 5. The molecule has 3 unspecified atom stereocenters. The van der Waals surface area contributed by atoms with E-state index >= 15 is 0 Å². The predicted molar refractivity (Wildman–Crippen MR) is 129 cm³/mol. The largest absolute Gasteiger partial charge is 0.389 e. The van der Waals surface area contributed by atoms with E-state index in [1.165, 1.54) is 11.1 Å². The highest BCUT2D eigenvalue weighted by molar-refractivity contribution is 6.32. The molecule has 0 bridgehead atoms. The molecule has 3 aliphatic rings. The Labute approximate surface area is 201 Å². The van der Waals surface area contributed by atoms with Crippen LogP contribution in [0.15, 0.2) is 36.4 Å². The lowest BCUT2D eigenvalue weighted by molar-refractivity contribution is -0.102. The van der Waals surface area contributed by atoms with E-state index in [0.717, 1.165) is 44.1 Å². The lowest BCUT2D eigenvalue weighted by atomic mass is 9.52. The normalized spacial score (nSPS) is 32.3. The SMILES string of the molecule is CNC(=O)c1ccc(C[C@]2(O)CCC3C4CCc5c(ccc(C#N)c5Cl)C4CC[C@@]32C)cc1. The molecule has 5 atom stereocenters. The lowest BCUT2D eigenvalue weighted by Gasteiger charge is -2.53. The first kappa shape index (κ1) is 22.4. The highest BCUT2D eigenvalue weighted by Gasteiger charge is 2.61. The average molecular weight is 463 g/mol. The molecule has 0 radical (unpaired) electrons. The summed E-state index contributed by atoms with van der Waals surface area (Å²) in [7, 11) is 1.63. The van der Waals surface area contributed by atoms with Crippen molar-refractivity contribution in [2.45, 2.75) is 63.4 Å². The lowest BCUT2D eigenvalue weighted by Crippen LogP contribution is -2.51. The van der Waals surface area contributed by atoms with Gasteiger partial charge in [0.25, 0.3) is 5.91 Å². The number of aliphatic hydroxyl groups is 1. The highest BCUT2D eigenvalue weighted by atomic mass is 35.5. The fourth-order valence-electron chi connectivity index (χ4n) is 7.37. The van der Waals surface area contributed by atoms with Crippen LogP contribution in [0, 0.1) is 28.6 Å². The van der Waals surface area contributed by atoms with E-state index < -0.39 is 5.60 Å². The molecule has 2 N–H and O–H groups in total. The Bertz CT molecular complexity index is 1140. The summed E-state index contributed by atoms with van der Waals surface area (Å²) in [6, 6.07) is 13.9.